The smallest absolute Gasteiger partial charge is 0.192 e. The molecule has 2 aliphatic rings. The lowest BCUT2D eigenvalue weighted by atomic mass is 9.85. The molecule has 0 spiro atoms. The third kappa shape index (κ3) is 4.18. The largest absolute Gasteiger partial charge is 0.299 e. The standard InChI is InChI=1S/C25H28N4OS/c1-17-6-2-3-10-22(17)29-24(21-9-5-13-26-15-21)27-28-25(29)31-16-23(30)20-12-11-18-7-4-8-19(18)14-20/h5,9,11-15,17,22H,2-4,6-8,10,16H2,1H3. The summed E-state index contributed by atoms with van der Waals surface area (Å²) in [5.74, 6) is 1.96. The molecule has 5 nitrogen and oxygen atoms in total. The van der Waals surface area contributed by atoms with E-state index in [-0.39, 0.29) is 5.78 Å². The molecular weight excluding hydrogens is 404 g/mol. The van der Waals surface area contributed by atoms with E-state index < -0.39 is 0 Å². The first-order valence-corrected chi connectivity index (χ1v) is 12.3. The predicted octanol–water partition coefficient (Wildman–Crippen LogP) is 5.56. The number of pyridine rings is 1. The molecule has 0 amide bonds. The van der Waals surface area contributed by atoms with Crippen LogP contribution in [0.5, 0.6) is 0 Å². The second-order valence-corrected chi connectivity index (χ2v) is 9.74. The van der Waals surface area contributed by atoms with E-state index >= 15 is 0 Å². The molecule has 160 valence electrons. The van der Waals surface area contributed by atoms with E-state index in [2.05, 4.69) is 38.8 Å². The highest BCUT2D eigenvalue weighted by molar-refractivity contribution is 7.99. The number of ketones is 1. The van der Waals surface area contributed by atoms with Crippen molar-refractivity contribution in [2.45, 2.75) is 63.1 Å². The lowest BCUT2D eigenvalue weighted by Crippen LogP contribution is -2.22. The Morgan fingerprint density at radius 3 is 2.81 bits per heavy atom. The molecule has 0 saturated heterocycles. The van der Waals surface area contributed by atoms with Crippen molar-refractivity contribution in [2.75, 3.05) is 5.75 Å². The highest BCUT2D eigenvalue weighted by atomic mass is 32.2. The van der Waals surface area contributed by atoms with Crippen LogP contribution in [0.25, 0.3) is 11.4 Å². The summed E-state index contributed by atoms with van der Waals surface area (Å²) < 4.78 is 2.28. The molecule has 0 radical (unpaired) electrons. The lowest BCUT2D eigenvalue weighted by Gasteiger charge is -2.31. The van der Waals surface area contributed by atoms with Crippen LogP contribution in [0.4, 0.5) is 0 Å². The third-order valence-corrected chi connectivity index (χ3v) is 7.68. The molecule has 6 heteroatoms. The number of benzene rings is 1. The summed E-state index contributed by atoms with van der Waals surface area (Å²) in [6.45, 7) is 2.32. The first-order chi connectivity index (χ1) is 15.2. The van der Waals surface area contributed by atoms with Gasteiger partial charge in [0.15, 0.2) is 16.8 Å². The lowest BCUT2D eigenvalue weighted by molar-refractivity contribution is 0.102. The van der Waals surface area contributed by atoms with Gasteiger partial charge in [-0.05, 0) is 67.3 Å². The minimum Gasteiger partial charge on any atom is -0.299 e. The minimum atomic E-state index is 0.161. The predicted molar refractivity (Wildman–Crippen MR) is 123 cm³/mol. The van der Waals surface area contributed by atoms with Gasteiger partial charge in [-0.25, -0.2) is 0 Å². The number of carbonyl (C=O) groups excluding carboxylic acids is 1. The van der Waals surface area contributed by atoms with Gasteiger partial charge in [0.05, 0.1) is 5.75 Å². The number of nitrogens with zero attached hydrogens (tertiary/aromatic N) is 4. The summed E-state index contributed by atoms with van der Waals surface area (Å²) in [5.41, 5.74) is 4.53. The average Bonchev–Trinajstić information content (AvgIpc) is 3.45. The second-order valence-electron chi connectivity index (χ2n) is 8.80. The Bertz CT molecular complexity index is 1080. The molecule has 1 fully saturated rings. The summed E-state index contributed by atoms with van der Waals surface area (Å²) in [6, 6.07) is 10.5. The monoisotopic (exact) mass is 432 g/mol. The Labute approximate surface area is 187 Å². The van der Waals surface area contributed by atoms with E-state index in [4.69, 9.17) is 0 Å². The molecule has 2 atom stereocenters. The number of thioether (sulfide) groups is 1. The summed E-state index contributed by atoms with van der Waals surface area (Å²) in [6.07, 6.45) is 11.9. The maximum Gasteiger partial charge on any atom is 0.192 e. The zero-order chi connectivity index (χ0) is 21.2. The van der Waals surface area contributed by atoms with Crippen molar-refractivity contribution in [1.29, 1.82) is 0 Å². The third-order valence-electron chi connectivity index (χ3n) is 6.73. The number of carbonyl (C=O) groups is 1. The first kappa shape index (κ1) is 20.4. The number of Topliss-reactive ketones (excluding diaryl/α,β-unsaturated/α-hetero) is 1. The SMILES string of the molecule is CC1CCCCC1n1c(SCC(=O)c2ccc3c(c2)CCC3)nnc1-c1cccnc1. The molecule has 5 rings (SSSR count). The minimum absolute atomic E-state index is 0.161. The highest BCUT2D eigenvalue weighted by Crippen LogP contribution is 2.39. The molecule has 2 aromatic heterocycles. The van der Waals surface area contributed by atoms with Crippen molar-refractivity contribution in [3.05, 3.63) is 59.4 Å². The fraction of sp³-hybridized carbons (Fsp3) is 0.440. The summed E-state index contributed by atoms with van der Waals surface area (Å²) >= 11 is 1.51. The van der Waals surface area contributed by atoms with Gasteiger partial charge in [-0.2, -0.15) is 0 Å². The number of hydrogen-bond donors (Lipinski definition) is 0. The van der Waals surface area contributed by atoms with Crippen LogP contribution in [-0.4, -0.2) is 31.3 Å². The van der Waals surface area contributed by atoms with Crippen LogP contribution >= 0.6 is 11.8 Å². The van der Waals surface area contributed by atoms with Gasteiger partial charge in [0.1, 0.15) is 0 Å². The summed E-state index contributed by atoms with van der Waals surface area (Å²) in [4.78, 5) is 17.2. The zero-order valence-electron chi connectivity index (χ0n) is 18.0. The quantitative estimate of drug-likeness (QED) is 0.377. The van der Waals surface area contributed by atoms with E-state index in [1.165, 1.54) is 48.6 Å². The van der Waals surface area contributed by atoms with Crippen molar-refractivity contribution < 1.29 is 4.79 Å². The first-order valence-electron chi connectivity index (χ1n) is 11.3. The molecule has 1 aromatic carbocycles. The van der Waals surface area contributed by atoms with Crippen LogP contribution in [0, 0.1) is 5.92 Å². The van der Waals surface area contributed by atoms with E-state index in [1.54, 1.807) is 6.20 Å². The highest BCUT2D eigenvalue weighted by Gasteiger charge is 2.29. The second kappa shape index (κ2) is 8.95. The normalized spacial score (nSPS) is 20.5. The number of fused-ring (bicyclic) bond motifs is 1. The average molecular weight is 433 g/mol. The topological polar surface area (TPSA) is 60.7 Å². The maximum atomic E-state index is 13.0. The van der Waals surface area contributed by atoms with Crippen molar-refractivity contribution in [3.8, 4) is 11.4 Å². The fourth-order valence-electron chi connectivity index (χ4n) is 5.01. The Kier molecular flexibility index (Phi) is 5.90. The van der Waals surface area contributed by atoms with Crippen molar-refractivity contribution in [2.24, 2.45) is 5.92 Å². The van der Waals surface area contributed by atoms with Gasteiger partial charge in [-0.1, -0.05) is 43.7 Å². The molecule has 31 heavy (non-hydrogen) atoms. The van der Waals surface area contributed by atoms with Crippen molar-refractivity contribution in [3.63, 3.8) is 0 Å². The Morgan fingerprint density at radius 2 is 1.97 bits per heavy atom. The van der Waals surface area contributed by atoms with Gasteiger partial charge < -0.3 is 0 Å². The van der Waals surface area contributed by atoms with E-state index in [1.807, 2.05) is 24.4 Å². The van der Waals surface area contributed by atoms with Crippen LogP contribution in [-0.2, 0) is 12.8 Å². The van der Waals surface area contributed by atoms with Gasteiger partial charge in [0.25, 0.3) is 0 Å². The number of hydrogen-bond acceptors (Lipinski definition) is 5. The van der Waals surface area contributed by atoms with Crippen molar-refractivity contribution in [1.82, 2.24) is 19.7 Å². The van der Waals surface area contributed by atoms with Gasteiger partial charge in [-0.15, -0.1) is 10.2 Å². The van der Waals surface area contributed by atoms with Crippen LogP contribution < -0.4 is 0 Å². The Morgan fingerprint density at radius 1 is 1.10 bits per heavy atom. The number of aromatic nitrogens is 4. The molecule has 0 aliphatic heterocycles. The maximum absolute atomic E-state index is 13.0. The molecule has 3 aromatic rings. The Hall–Kier alpha value is -2.47. The summed E-state index contributed by atoms with van der Waals surface area (Å²) in [7, 11) is 0. The van der Waals surface area contributed by atoms with Crippen LogP contribution in [0.1, 0.15) is 66.6 Å². The molecule has 2 unspecified atom stereocenters. The van der Waals surface area contributed by atoms with Gasteiger partial charge in [-0.3, -0.25) is 14.3 Å². The fourth-order valence-corrected chi connectivity index (χ4v) is 5.89. The van der Waals surface area contributed by atoms with Crippen LogP contribution in [0.15, 0.2) is 47.9 Å². The molecular formula is C25H28N4OS. The van der Waals surface area contributed by atoms with Gasteiger partial charge in [0, 0.05) is 29.6 Å². The zero-order valence-corrected chi connectivity index (χ0v) is 18.8. The Balaban J connectivity index is 1.41. The molecule has 0 N–H and O–H groups in total. The molecule has 2 heterocycles. The van der Waals surface area contributed by atoms with E-state index in [0.717, 1.165) is 41.4 Å². The van der Waals surface area contributed by atoms with E-state index in [9.17, 15) is 4.79 Å². The molecule has 0 bridgehead atoms. The number of rotatable bonds is 6. The molecule has 2 aliphatic carbocycles. The summed E-state index contributed by atoms with van der Waals surface area (Å²) in [5, 5.41) is 9.90. The van der Waals surface area contributed by atoms with Crippen LogP contribution in [0.2, 0.25) is 0 Å². The van der Waals surface area contributed by atoms with Gasteiger partial charge in [0.2, 0.25) is 0 Å². The van der Waals surface area contributed by atoms with Gasteiger partial charge >= 0.3 is 0 Å². The van der Waals surface area contributed by atoms with Crippen LogP contribution in [0.3, 0.4) is 0 Å². The van der Waals surface area contributed by atoms with E-state index in [0.29, 0.717) is 17.7 Å². The van der Waals surface area contributed by atoms with Crippen molar-refractivity contribution >= 4 is 17.5 Å². The number of aryl methyl sites for hydroxylation is 2. The molecule has 1 saturated carbocycles.